The number of nitrogens with two attached hydrogens (primary N) is 1. The Balaban J connectivity index is 0.00000267. The number of benzene rings is 2. The van der Waals surface area contributed by atoms with E-state index < -0.39 is 15.9 Å². The Hall–Kier alpha value is -4.24. The van der Waals surface area contributed by atoms with Crippen molar-refractivity contribution in [2.45, 2.75) is 39.1 Å². The first kappa shape index (κ1) is 25.8. The number of carbonyl (C=O) groups excluding carboxylic acids is 1. The lowest BCUT2D eigenvalue weighted by atomic mass is 10.1. The largest absolute Gasteiger partial charge is 0.438 e. The Morgan fingerprint density at radius 1 is 0.973 bits per heavy atom. The Labute approximate surface area is 221 Å². The van der Waals surface area contributed by atoms with Gasteiger partial charge >= 0.3 is 0 Å². The molecule has 2 aromatic heterocycles. The molecule has 9 heteroatoms. The third-order valence-corrected chi connectivity index (χ3v) is 7.02. The Bertz CT molecular complexity index is 1590. The number of hydrogen-bond acceptors (Lipinski definition) is 7. The number of rotatable bonds is 7. The fraction of sp³-hybridized carbons (Fsp3) is 0.179. The minimum absolute atomic E-state index is 0. The molecule has 0 saturated carbocycles. The highest BCUT2D eigenvalue weighted by atomic mass is 32.2. The Morgan fingerprint density at radius 2 is 1.68 bits per heavy atom. The standard InChI is InChI=1S/C28H28N4O4S.3H2/c1-5-20-8-6-9-21(16-20)23-13-12-22(27(33)32-37(34,35)25-11-7-10-24(29)31-25)28(30-23)36-26-18(3)14-17(2)15-19(26)4;;;/h6-16H,5H2,1-4H3,(H2,29,31)(H,32,33);3*1H. The number of sulfonamides is 1. The summed E-state index contributed by atoms with van der Waals surface area (Å²) in [6, 6.07) is 19.2. The molecule has 2 aromatic carbocycles. The second kappa shape index (κ2) is 10.4. The van der Waals surface area contributed by atoms with Crippen molar-refractivity contribution in [3.8, 4) is 22.9 Å². The molecule has 0 unspecified atom stereocenters. The maximum atomic E-state index is 13.2. The van der Waals surface area contributed by atoms with Gasteiger partial charge in [0.05, 0.1) is 5.69 Å². The van der Waals surface area contributed by atoms with E-state index in [-0.39, 0.29) is 26.6 Å². The van der Waals surface area contributed by atoms with Crippen molar-refractivity contribution in [3.05, 3.63) is 94.5 Å². The molecule has 0 spiro atoms. The van der Waals surface area contributed by atoms with Gasteiger partial charge < -0.3 is 10.5 Å². The van der Waals surface area contributed by atoms with Crippen LogP contribution < -0.4 is 15.2 Å². The second-order valence-corrected chi connectivity index (χ2v) is 10.4. The lowest BCUT2D eigenvalue weighted by Gasteiger charge is -2.16. The molecule has 0 fully saturated rings. The summed E-state index contributed by atoms with van der Waals surface area (Å²) in [6.45, 7) is 7.85. The summed E-state index contributed by atoms with van der Waals surface area (Å²) in [5.41, 5.74) is 10.9. The Kier molecular flexibility index (Phi) is 7.26. The molecule has 0 aliphatic heterocycles. The number of nitrogens with zero attached hydrogens (tertiary/aromatic N) is 2. The number of anilines is 1. The molecular formula is C28H34N4O4S. The first-order valence-corrected chi connectivity index (χ1v) is 13.2. The molecule has 8 nitrogen and oxygen atoms in total. The molecule has 3 N–H and O–H groups in total. The van der Waals surface area contributed by atoms with Gasteiger partial charge in [-0.3, -0.25) is 4.79 Å². The highest BCUT2D eigenvalue weighted by molar-refractivity contribution is 7.90. The van der Waals surface area contributed by atoms with Crippen molar-refractivity contribution in [2.24, 2.45) is 0 Å². The zero-order valence-corrected chi connectivity index (χ0v) is 21.9. The molecule has 0 aliphatic carbocycles. The van der Waals surface area contributed by atoms with Gasteiger partial charge in [-0.15, -0.1) is 0 Å². The molecule has 196 valence electrons. The summed E-state index contributed by atoms with van der Waals surface area (Å²) in [5.74, 6) is -0.345. The number of amides is 1. The summed E-state index contributed by atoms with van der Waals surface area (Å²) >= 11 is 0. The number of carbonyl (C=O) groups is 1. The van der Waals surface area contributed by atoms with E-state index in [1.54, 1.807) is 6.07 Å². The Morgan fingerprint density at radius 3 is 2.35 bits per heavy atom. The first-order chi connectivity index (χ1) is 17.6. The molecule has 0 aliphatic rings. The van der Waals surface area contributed by atoms with Crippen molar-refractivity contribution >= 4 is 21.7 Å². The maximum absolute atomic E-state index is 13.2. The normalized spacial score (nSPS) is 11.2. The lowest BCUT2D eigenvalue weighted by Crippen LogP contribution is -2.31. The van der Waals surface area contributed by atoms with Crippen molar-refractivity contribution in [2.75, 3.05) is 5.73 Å². The van der Waals surface area contributed by atoms with Crippen LogP contribution in [0.5, 0.6) is 11.6 Å². The van der Waals surface area contributed by atoms with Gasteiger partial charge in [-0.2, -0.15) is 8.42 Å². The third-order valence-electron chi connectivity index (χ3n) is 5.79. The van der Waals surface area contributed by atoms with Crippen molar-refractivity contribution in [1.29, 1.82) is 0 Å². The van der Waals surface area contributed by atoms with Gasteiger partial charge in [-0.1, -0.05) is 48.9 Å². The molecular weight excluding hydrogens is 488 g/mol. The van der Waals surface area contributed by atoms with E-state index in [0.29, 0.717) is 11.4 Å². The van der Waals surface area contributed by atoms with Crippen LogP contribution in [0.3, 0.4) is 0 Å². The van der Waals surface area contributed by atoms with E-state index in [1.165, 1.54) is 24.3 Å². The average Bonchev–Trinajstić information content (AvgIpc) is 2.86. The number of ether oxygens (including phenoxy) is 1. The van der Waals surface area contributed by atoms with Gasteiger partial charge in [0.1, 0.15) is 17.1 Å². The molecule has 1 amide bonds. The molecule has 4 rings (SSSR count). The van der Waals surface area contributed by atoms with Gasteiger partial charge in [0.25, 0.3) is 15.9 Å². The number of nitrogens with one attached hydrogen (secondary N) is 1. The topological polar surface area (TPSA) is 124 Å². The third kappa shape index (κ3) is 5.78. The zero-order chi connectivity index (χ0) is 26.7. The highest BCUT2D eigenvalue weighted by Crippen LogP contribution is 2.33. The molecule has 4 aromatic rings. The van der Waals surface area contributed by atoms with E-state index in [0.717, 1.165) is 34.2 Å². The first-order valence-electron chi connectivity index (χ1n) is 11.7. The minimum Gasteiger partial charge on any atom is -0.438 e. The van der Waals surface area contributed by atoms with Crippen LogP contribution in [-0.2, 0) is 16.4 Å². The summed E-state index contributed by atoms with van der Waals surface area (Å²) in [7, 11) is -4.29. The van der Waals surface area contributed by atoms with E-state index in [2.05, 4.69) is 21.6 Å². The SMILES string of the molecule is CCc1cccc(-c2ccc(C(=O)NS(=O)(=O)c3cccc(N)n3)c(Oc3c(C)cc(C)cc3C)n2)c1.[HH].[HH].[HH]. The second-order valence-electron chi connectivity index (χ2n) is 8.77. The van der Waals surface area contributed by atoms with Crippen LogP contribution in [0.4, 0.5) is 5.82 Å². The van der Waals surface area contributed by atoms with Gasteiger partial charge in [0.15, 0.2) is 5.03 Å². The fourth-order valence-electron chi connectivity index (χ4n) is 4.04. The van der Waals surface area contributed by atoms with Gasteiger partial charge in [-0.05, 0) is 74.2 Å². The summed E-state index contributed by atoms with van der Waals surface area (Å²) in [4.78, 5) is 21.7. The monoisotopic (exact) mass is 522 g/mol. The van der Waals surface area contributed by atoms with E-state index in [9.17, 15) is 13.2 Å². The maximum Gasteiger partial charge on any atom is 0.281 e. The van der Waals surface area contributed by atoms with Gasteiger partial charge in [0, 0.05) is 9.84 Å². The van der Waals surface area contributed by atoms with E-state index in [1.807, 2.05) is 57.2 Å². The lowest BCUT2D eigenvalue weighted by molar-refractivity contribution is 0.0978. The average molecular weight is 523 g/mol. The molecule has 2 heterocycles. The predicted molar refractivity (Wildman–Crippen MR) is 149 cm³/mol. The van der Waals surface area contributed by atoms with E-state index >= 15 is 0 Å². The number of hydrogen-bond donors (Lipinski definition) is 2. The molecule has 37 heavy (non-hydrogen) atoms. The predicted octanol–water partition coefficient (Wildman–Crippen LogP) is 5.86. The minimum atomic E-state index is -4.29. The molecule has 0 atom stereocenters. The van der Waals surface area contributed by atoms with Crippen LogP contribution in [0, 0.1) is 20.8 Å². The molecule has 0 radical (unpaired) electrons. The highest BCUT2D eigenvalue weighted by Gasteiger charge is 2.25. The van der Waals surface area contributed by atoms with Crippen LogP contribution in [0.25, 0.3) is 11.3 Å². The van der Waals surface area contributed by atoms with E-state index in [4.69, 9.17) is 10.5 Å². The molecule has 0 bridgehead atoms. The quantitative estimate of drug-likeness (QED) is 0.311. The summed E-state index contributed by atoms with van der Waals surface area (Å²) in [5, 5.41) is -0.366. The van der Waals surface area contributed by atoms with Crippen LogP contribution in [0.2, 0.25) is 0 Å². The van der Waals surface area contributed by atoms with Gasteiger partial charge in [0.2, 0.25) is 5.88 Å². The summed E-state index contributed by atoms with van der Waals surface area (Å²) < 4.78 is 33.9. The number of aromatic nitrogens is 2. The van der Waals surface area contributed by atoms with Crippen molar-refractivity contribution in [1.82, 2.24) is 14.7 Å². The van der Waals surface area contributed by atoms with Crippen molar-refractivity contribution in [3.63, 3.8) is 0 Å². The molecule has 0 saturated heterocycles. The van der Waals surface area contributed by atoms with Crippen molar-refractivity contribution < 1.29 is 22.2 Å². The number of aryl methyl sites for hydroxylation is 4. The van der Waals surface area contributed by atoms with Crippen LogP contribution in [0.15, 0.2) is 71.8 Å². The smallest absolute Gasteiger partial charge is 0.281 e. The van der Waals surface area contributed by atoms with Crippen LogP contribution in [-0.4, -0.2) is 24.3 Å². The van der Waals surface area contributed by atoms with Crippen LogP contribution >= 0.6 is 0 Å². The summed E-state index contributed by atoms with van der Waals surface area (Å²) in [6.07, 6.45) is 0.856. The fourth-order valence-corrected chi connectivity index (χ4v) is 4.98. The van der Waals surface area contributed by atoms with Gasteiger partial charge in [-0.25, -0.2) is 14.7 Å². The number of nitrogen functional groups attached to an aromatic ring is 1. The van der Waals surface area contributed by atoms with Crippen LogP contribution in [0.1, 0.15) is 43.8 Å². The number of pyridine rings is 2. The zero-order valence-electron chi connectivity index (χ0n) is 21.1.